The normalized spacial score (nSPS) is 40.9. The number of hydrogen-bond donors (Lipinski definition) is 4. The molecule has 1 amide bonds. The third-order valence-electron chi connectivity index (χ3n) is 9.81. The molecule has 0 aromatic carbocycles. The molecule has 0 aliphatic heterocycles. The van der Waals surface area contributed by atoms with Gasteiger partial charge in [-0.15, -0.1) is 6.42 Å². The first-order chi connectivity index (χ1) is 16.4. The summed E-state index contributed by atoms with van der Waals surface area (Å²) >= 11 is 0. The van der Waals surface area contributed by atoms with Crippen molar-refractivity contribution in [3.8, 4) is 12.3 Å². The molecule has 0 saturated heterocycles. The van der Waals surface area contributed by atoms with Crippen LogP contribution in [0.25, 0.3) is 0 Å². The Kier molecular flexibility index (Phi) is 6.80. The molecule has 3 saturated carbocycles. The van der Waals surface area contributed by atoms with E-state index >= 15 is 0 Å². The Morgan fingerprint density at radius 1 is 1.23 bits per heavy atom. The van der Waals surface area contributed by atoms with Crippen LogP contribution < -0.4 is 5.32 Å². The Labute approximate surface area is 207 Å². The molecule has 0 heterocycles. The van der Waals surface area contributed by atoms with Crippen LogP contribution in [-0.2, 0) is 14.4 Å². The quantitative estimate of drug-likeness (QED) is 0.338. The fourth-order valence-electron chi connectivity index (χ4n) is 7.67. The van der Waals surface area contributed by atoms with E-state index in [1.165, 1.54) is 12.5 Å². The Morgan fingerprint density at radius 2 is 1.94 bits per heavy atom. The van der Waals surface area contributed by atoms with Crippen LogP contribution in [0.4, 0.5) is 0 Å². The summed E-state index contributed by atoms with van der Waals surface area (Å²) in [6.07, 6.45) is 14.1. The first kappa shape index (κ1) is 25.7. The van der Waals surface area contributed by atoms with Crippen LogP contribution in [0.2, 0.25) is 0 Å². The zero-order valence-corrected chi connectivity index (χ0v) is 20.9. The summed E-state index contributed by atoms with van der Waals surface area (Å²) in [5, 5.41) is 36.1. The van der Waals surface area contributed by atoms with Crippen LogP contribution in [0.1, 0.15) is 72.1 Å². The summed E-state index contributed by atoms with van der Waals surface area (Å²) in [7, 11) is 0. The van der Waals surface area contributed by atoms with Gasteiger partial charge in [0.05, 0.1) is 11.8 Å². The van der Waals surface area contributed by atoms with E-state index in [4.69, 9.17) is 16.4 Å². The second-order valence-electron chi connectivity index (χ2n) is 11.5. The fourth-order valence-corrected chi connectivity index (χ4v) is 7.67. The standard InChI is InChI=1S/C27H38N2O6/c1-5-27(34)13-10-21-19-7-6-17-14-18(8-11-25(17,3)20(19)9-12-26(21,27)4)29-35-15-22(31)28-23(16(2)30)24(32)33/h1,14,16,19-21,23,30,34H,6-13,15H2,2-4H3,(H,28,31)(H,32,33)/b29-18+/t16?,19?,20?,21?,23?,25-,26-,27+/m0/s1. The number of amides is 1. The van der Waals surface area contributed by atoms with Gasteiger partial charge in [-0.1, -0.05) is 30.5 Å². The Hall–Kier alpha value is -2.37. The van der Waals surface area contributed by atoms with E-state index in [2.05, 4.69) is 36.3 Å². The number of aliphatic hydroxyl groups excluding tert-OH is 1. The smallest absolute Gasteiger partial charge is 0.328 e. The van der Waals surface area contributed by atoms with Crippen molar-refractivity contribution in [2.75, 3.05) is 6.61 Å². The van der Waals surface area contributed by atoms with Crippen molar-refractivity contribution in [1.82, 2.24) is 5.32 Å². The van der Waals surface area contributed by atoms with E-state index in [9.17, 15) is 19.8 Å². The van der Waals surface area contributed by atoms with E-state index in [0.29, 0.717) is 24.2 Å². The van der Waals surface area contributed by atoms with E-state index in [1.807, 2.05) is 0 Å². The molecule has 192 valence electrons. The van der Waals surface area contributed by atoms with Crippen molar-refractivity contribution in [1.29, 1.82) is 0 Å². The number of aliphatic hydroxyl groups is 2. The van der Waals surface area contributed by atoms with Crippen LogP contribution in [-0.4, -0.2) is 57.3 Å². The molecular formula is C27H38N2O6. The van der Waals surface area contributed by atoms with Crippen molar-refractivity contribution in [2.45, 2.75) is 89.9 Å². The maximum Gasteiger partial charge on any atom is 0.328 e. The van der Waals surface area contributed by atoms with Gasteiger partial charge in [-0.05, 0) is 87.5 Å². The molecule has 8 nitrogen and oxygen atoms in total. The van der Waals surface area contributed by atoms with Gasteiger partial charge in [0, 0.05) is 5.41 Å². The number of nitrogens with one attached hydrogen (secondary N) is 1. The van der Waals surface area contributed by atoms with Gasteiger partial charge in [-0.3, -0.25) is 4.79 Å². The highest BCUT2D eigenvalue weighted by Gasteiger charge is 2.63. The van der Waals surface area contributed by atoms with Crippen LogP contribution in [0, 0.1) is 40.9 Å². The summed E-state index contributed by atoms with van der Waals surface area (Å²) in [5.41, 5.74) is 1.06. The second kappa shape index (κ2) is 9.25. The number of nitrogens with zero attached hydrogens (tertiary/aromatic N) is 1. The molecule has 0 spiro atoms. The highest BCUT2D eigenvalue weighted by Crippen LogP contribution is 2.67. The van der Waals surface area contributed by atoms with E-state index in [-0.39, 0.29) is 10.8 Å². The molecule has 8 atom stereocenters. The van der Waals surface area contributed by atoms with Crippen LogP contribution in [0.15, 0.2) is 16.8 Å². The molecule has 0 radical (unpaired) electrons. The number of hydrogen-bond acceptors (Lipinski definition) is 6. The highest BCUT2D eigenvalue weighted by atomic mass is 16.6. The van der Waals surface area contributed by atoms with Gasteiger partial charge in [0.15, 0.2) is 12.6 Å². The Morgan fingerprint density at radius 3 is 2.60 bits per heavy atom. The molecule has 35 heavy (non-hydrogen) atoms. The number of rotatable bonds is 6. The third kappa shape index (κ3) is 4.27. The largest absolute Gasteiger partial charge is 0.480 e. The number of carbonyl (C=O) groups excluding carboxylic acids is 1. The van der Waals surface area contributed by atoms with Gasteiger partial charge in [-0.25, -0.2) is 4.79 Å². The molecule has 8 heteroatoms. The van der Waals surface area contributed by atoms with E-state index < -0.39 is 36.2 Å². The molecule has 0 aromatic rings. The maximum absolute atomic E-state index is 12.0. The highest BCUT2D eigenvalue weighted by molar-refractivity contribution is 5.96. The summed E-state index contributed by atoms with van der Waals surface area (Å²) in [4.78, 5) is 28.3. The van der Waals surface area contributed by atoms with E-state index in [0.717, 1.165) is 50.7 Å². The molecule has 0 aromatic heterocycles. The average Bonchev–Trinajstić information content (AvgIpc) is 3.08. The zero-order chi connectivity index (χ0) is 25.6. The number of allylic oxidation sites excluding steroid dienone is 2. The van der Waals surface area contributed by atoms with E-state index in [1.54, 1.807) is 0 Å². The summed E-state index contributed by atoms with van der Waals surface area (Å²) in [5.74, 6) is 2.36. The Balaban J connectivity index is 1.41. The third-order valence-corrected chi connectivity index (χ3v) is 9.81. The van der Waals surface area contributed by atoms with Gasteiger partial charge in [0.25, 0.3) is 5.91 Å². The van der Waals surface area contributed by atoms with Gasteiger partial charge < -0.3 is 25.5 Å². The molecule has 0 bridgehead atoms. The van der Waals surface area contributed by atoms with Crippen LogP contribution in [0.3, 0.4) is 0 Å². The predicted molar refractivity (Wildman–Crippen MR) is 130 cm³/mol. The molecule has 4 aliphatic carbocycles. The second-order valence-corrected chi connectivity index (χ2v) is 11.5. The predicted octanol–water partition coefficient (Wildman–Crippen LogP) is 2.64. The zero-order valence-electron chi connectivity index (χ0n) is 20.9. The number of fused-ring (bicyclic) bond motifs is 5. The number of carboxylic acid groups (broad SMARTS) is 1. The number of carbonyl (C=O) groups is 2. The topological polar surface area (TPSA) is 128 Å². The van der Waals surface area contributed by atoms with Gasteiger partial charge in [0.2, 0.25) is 0 Å². The van der Waals surface area contributed by atoms with Crippen molar-refractivity contribution >= 4 is 17.6 Å². The molecule has 4 aliphatic rings. The van der Waals surface area contributed by atoms with Gasteiger partial charge >= 0.3 is 5.97 Å². The fraction of sp³-hybridized carbons (Fsp3) is 0.741. The average molecular weight is 487 g/mol. The van der Waals surface area contributed by atoms with Crippen LogP contribution >= 0.6 is 0 Å². The number of terminal acetylenes is 1. The molecule has 5 unspecified atom stereocenters. The first-order valence-electron chi connectivity index (χ1n) is 12.8. The minimum Gasteiger partial charge on any atom is -0.480 e. The lowest BCUT2D eigenvalue weighted by atomic mass is 9.46. The molecule has 3 fully saturated rings. The lowest BCUT2D eigenvalue weighted by molar-refractivity contribution is -0.145. The number of carboxylic acids is 1. The minimum atomic E-state index is -1.39. The Bertz CT molecular complexity index is 983. The molecule has 4 N–H and O–H groups in total. The van der Waals surface area contributed by atoms with Crippen molar-refractivity contribution in [3.63, 3.8) is 0 Å². The van der Waals surface area contributed by atoms with Gasteiger partial charge in [-0.2, -0.15) is 0 Å². The SMILES string of the molecule is C#C[C@@]1(O)CCC2C3CCC4=C/C(=N/OCC(=O)NC(C(=O)O)C(C)O)CC[C@]4(C)C3CC[C@@]21C. The number of oxime groups is 1. The first-order valence-corrected chi connectivity index (χ1v) is 12.8. The van der Waals surface area contributed by atoms with Crippen molar-refractivity contribution in [3.05, 3.63) is 11.6 Å². The lowest BCUT2D eigenvalue weighted by Crippen LogP contribution is -2.54. The number of aliphatic carboxylic acids is 1. The summed E-state index contributed by atoms with van der Waals surface area (Å²) in [6.45, 7) is 5.46. The maximum atomic E-state index is 12.0. The lowest BCUT2D eigenvalue weighted by Gasteiger charge is -2.58. The minimum absolute atomic E-state index is 0.0868. The van der Waals surface area contributed by atoms with Crippen LogP contribution in [0.5, 0.6) is 0 Å². The van der Waals surface area contributed by atoms with Gasteiger partial charge in [0.1, 0.15) is 5.60 Å². The molecular weight excluding hydrogens is 448 g/mol. The molecule has 4 rings (SSSR count). The van der Waals surface area contributed by atoms with Crippen molar-refractivity contribution < 1.29 is 29.7 Å². The summed E-state index contributed by atoms with van der Waals surface area (Å²) < 4.78 is 0. The monoisotopic (exact) mass is 486 g/mol. The van der Waals surface area contributed by atoms with Crippen molar-refractivity contribution in [2.24, 2.45) is 33.7 Å². The summed E-state index contributed by atoms with van der Waals surface area (Å²) in [6, 6.07) is -1.39.